The molecule has 154 valence electrons. The standard InChI is InChI=1S/C24H15Cl2NO2S2/c1-10-4-11(2)20(12(3)5-10)24-27-23-19(31-24)7-13(30-23)6-16-21(28)14-8-17(25)18(26)9-15(14)22(16)29/h4-9H,1-3H3. The maximum atomic E-state index is 12.8. The van der Waals surface area contributed by atoms with E-state index in [0.717, 1.165) is 19.4 Å². The Morgan fingerprint density at radius 3 is 1.97 bits per heavy atom. The second kappa shape index (κ2) is 7.38. The van der Waals surface area contributed by atoms with E-state index < -0.39 is 0 Å². The molecule has 4 aromatic rings. The zero-order chi connectivity index (χ0) is 22.0. The Morgan fingerprint density at radius 1 is 0.839 bits per heavy atom. The summed E-state index contributed by atoms with van der Waals surface area (Å²) in [7, 11) is 0. The third-order valence-electron chi connectivity index (χ3n) is 5.32. The van der Waals surface area contributed by atoms with Gasteiger partial charge in [0.2, 0.25) is 0 Å². The summed E-state index contributed by atoms with van der Waals surface area (Å²) in [5.74, 6) is -0.648. The lowest BCUT2D eigenvalue weighted by Crippen LogP contribution is -1.99. The van der Waals surface area contributed by atoms with Crippen molar-refractivity contribution in [2.45, 2.75) is 20.8 Å². The molecule has 0 atom stereocenters. The lowest BCUT2D eigenvalue weighted by atomic mass is 10.0. The molecule has 1 aliphatic carbocycles. The van der Waals surface area contributed by atoms with Gasteiger partial charge in [0.1, 0.15) is 9.84 Å². The van der Waals surface area contributed by atoms with Gasteiger partial charge in [-0.3, -0.25) is 9.59 Å². The molecule has 0 amide bonds. The summed E-state index contributed by atoms with van der Waals surface area (Å²) >= 11 is 15.1. The molecule has 31 heavy (non-hydrogen) atoms. The minimum atomic E-state index is -0.324. The van der Waals surface area contributed by atoms with Crippen LogP contribution in [0.15, 0.2) is 35.9 Å². The summed E-state index contributed by atoms with van der Waals surface area (Å²) in [6, 6.07) is 9.25. The molecule has 2 aromatic carbocycles. The van der Waals surface area contributed by atoms with Gasteiger partial charge in [0.15, 0.2) is 11.6 Å². The molecule has 1 aliphatic rings. The number of benzene rings is 2. The molecule has 2 heterocycles. The molecule has 2 aromatic heterocycles. The first-order chi connectivity index (χ1) is 14.7. The maximum Gasteiger partial charge on any atom is 0.197 e. The molecule has 0 aliphatic heterocycles. The smallest absolute Gasteiger partial charge is 0.197 e. The molecule has 0 spiro atoms. The van der Waals surface area contributed by atoms with Gasteiger partial charge in [-0.15, -0.1) is 22.7 Å². The van der Waals surface area contributed by atoms with Gasteiger partial charge in [-0.1, -0.05) is 40.9 Å². The van der Waals surface area contributed by atoms with Crippen LogP contribution < -0.4 is 0 Å². The molecule has 0 bridgehead atoms. The number of carbonyl (C=O) groups excluding carboxylic acids is 2. The molecule has 3 nitrogen and oxygen atoms in total. The normalized spacial score (nSPS) is 13.4. The summed E-state index contributed by atoms with van der Waals surface area (Å²) in [6.45, 7) is 6.30. The minimum Gasteiger partial charge on any atom is -0.288 e. The van der Waals surface area contributed by atoms with Crippen LogP contribution in [0.4, 0.5) is 0 Å². The van der Waals surface area contributed by atoms with Crippen molar-refractivity contribution < 1.29 is 9.59 Å². The molecule has 0 saturated carbocycles. The first kappa shape index (κ1) is 20.6. The number of aromatic nitrogens is 1. The van der Waals surface area contributed by atoms with Gasteiger partial charge in [-0.2, -0.15) is 0 Å². The molecule has 0 saturated heterocycles. The molecule has 5 rings (SSSR count). The van der Waals surface area contributed by atoms with Crippen LogP contribution in [0.2, 0.25) is 10.0 Å². The summed E-state index contributed by atoms with van der Waals surface area (Å²) in [5, 5.41) is 1.51. The number of ketones is 2. The van der Waals surface area contributed by atoms with Crippen molar-refractivity contribution in [3.63, 3.8) is 0 Å². The maximum absolute atomic E-state index is 12.8. The zero-order valence-corrected chi connectivity index (χ0v) is 19.9. The van der Waals surface area contributed by atoms with E-state index in [1.807, 2.05) is 6.07 Å². The predicted molar refractivity (Wildman–Crippen MR) is 130 cm³/mol. The third kappa shape index (κ3) is 3.37. The van der Waals surface area contributed by atoms with Crippen molar-refractivity contribution in [2.24, 2.45) is 0 Å². The van der Waals surface area contributed by atoms with Gasteiger partial charge in [-0.25, -0.2) is 4.98 Å². The van der Waals surface area contributed by atoms with Crippen molar-refractivity contribution in [3.8, 4) is 10.6 Å². The number of aryl methyl sites for hydroxylation is 3. The van der Waals surface area contributed by atoms with Crippen molar-refractivity contribution in [1.29, 1.82) is 0 Å². The van der Waals surface area contributed by atoms with E-state index >= 15 is 0 Å². The first-order valence-corrected chi connectivity index (χ1v) is 11.9. The van der Waals surface area contributed by atoms with Crippen LogP contribution in [0.1, 0.15) is 42.3 Å². The highest BCUT2D eigenvalue weighted by atomic mass is 35.5. The van der Waals surface area contributed by atoms with Crippen molar-refractivity contribution in [2.75, 3.05) is 0 Å². The highest BCUT2D eigenvalue weighted by molar-refractivity contribution is 7.29. The zero-order valence-electron chi connectivity index (χ0n) is 16.8. The van der Waals surface area contributed by atoms with Gasteiger partial charge in [0.25, 0.3) is 0 Å². The highest BCUT2D eigenvalue weighted by Gasteiger charge is 2.34. The minimum absolute atomic E-state index is 0.132. The number of nitrogens with zero attached hydrogens (tertiary/aromatic N) is 1. The van der Waals surface area contributed by atoms with Crippen molar-refractivity contribution in [3.05, 3.63) is 78.6 Å². The number of thiophene rings is 1. The van der Waals surface area contributed by atoms with E-state index in [2.05, 4.69) is 32.9 Å². The molecule has 0 radical (unpaired) electrons. The number of allylic oxidation sites excluding steroid dienone is 1. The Bertz CT molecular complexity index is 1380. The van der Waals surface area contributed by atoms with Crippen LogP contribution in [0.5, 0.6) is 0 Å². The lowest BCUT2D eigenvalue weighted by Gasteiger charge is -2.08. The second-order valence-corrected chi connectivity index (χ2v) is 10.5. The summed E-state index contributed by atoms with van der Waals surface area (Å²) in [5.41, 5.74) is 5.55. The fourth-order valence-corrected chi connectivity index (χ4v) is 6.71. The number of thiazole rings is 1. The Morgan fingerprint density at radius 2 is 1.42 bits per heavy atom. The fourth-order valence-electron chi connectivity index (χ4n) is 4.04. The summed E-state index contributed by atoms with van der Waals surface area (Å²) in [6.07, 6.45) is 1.65. The van der Waals surface area contributed by atoms with Gasteiger partial charge in [0, 0.05) is 21.6 Å². The Labute approximate surface area is 197 Å². The number of Topliss-reactive ketones (excluding diaryl/α,β-unsaturated/α-hetero) is 2. The Balaban J connectivity index is 1.53. The van der Waals surface area contributed by atoms with Crippen LogP contribution in [0.25, 0.3) is 26.2 Å². The second-order valence-electron chi connectivity index (χ2n) is 7.64. The first-order valence-electron chi connectivity index (χ1n) is 9.51. The summed E-state index contributed by atoms with van der Waals surface area (Å²) in [4.78, 5) is 32.1. The van der Waals surface area contributed by atoms with E-state index in [1.165, 1.54) is 45.7 Å². The summed E-state index contributed by atoms with van der Waals surface area (Å²) < 4.78 is 1.03. The number of rotatable bonds is 2. The van der Waals surface area contributed by atoms with E-state index in [1.54, 1.807) is 17.4 Å². The fraction of sp³-hybridized carbons (Fsp3) is 0.125. The van der Waals surface area contributed by atoms with Crippen molar-refractivity contribution >= 4 is 73.0 Å². The van der Waals surface area contributed by atoms with E-state index in [-0.39, 0.29) is 27.2 Å². The molecule has 0 N–H and O–H groups in total. The van der Waals surface area contributed by atoms with Crippen LogP contribution in [0.3, 0.4) is 0 Å². The van der Waals surface area contributed by atoms with Crippen LogP contribution >= 0.6 is 45.9 Å². The number of hydrogen-bond acceptors (Lipinski definition) is 5. The lowest BCUT2D eigenvalue weighted by molar-refractivity contribution is 0.0990. The number of carbonyl (C=O) groups is 2. The average Bonchev–Trinajstić information content (AvgIpc) is 3.30. The number of halogens is 2. The highest BCUT2D eigenvalue weighted by Crippen LogP contribution is 2.40. The monoisotopic (exact) mass is 483 g/mol. The SMILES string of the molecule is Cc1cc(C)c(-c2nc3sc(C=C4C(=O)c5cc(Cl)c(Cl)cc5C4=O)cc3s2)c(C)c1. The van der Waals surface area contributed by atoms with Crippen LogP contribution in [-0.2, 0) is 0 Å². The number of hydrogen-bond donors (Lipinski definition) is 0. The molecular formula is C24H15Cl2NO2S2. The largest absolute Gasteiger partial charge is 0.288 e. The topological polar surface area (TPSA) is 47.0 Å². The van der Waals surface area contributed by atoms with E-state index in [4.69, 9.17) is 28.2 Å². The quantitative estimate of drug-likeness (QED) is 0.216. The van der Waals surface area contributed by atoms with Crippen LogP contribution in [-0.4, -0.2) is 16.6 Å². The van der Waals surface area contributed by atoms with Crippen LogP contribution in [0, 0.1) is 20.8 Å². The average molecular weight is 484 g/mol. The van der Waals surface area contributed by atoms with Gasteiger partial charge < -0.3 is 0 Å². The molecular weight excluding hydrogens is 469 g/mol. The predicted octanol–water partition coefficient (Wildman–Crippen LogP) is 7.72. The van der Waals surface area contributed by atoms with Gasteiger partial charge >= 0.3 is 0 Å². The third-order valence-corrected chi connectivity index (χ3v) is 8.17. The van der Waals surface area contributed by atoms with E-state index in [0.29, 0.717) is 11.1 Å². The van der Waals surface area contributed by atoms with Gasteiger partial charge in [-0.05, 0) is 56.2 Å². The van der Waals surface area contributed by atoms with Gasteiger partial charge in [0.05, 0.1) is 20.3 Å². The Kier molecular flexibility index (Phi) is 4.90. The number of fused-ring (bicyclic) bond motifs is 2. The van der Waals surface area contributed by atoms with Crippen molar-refractivity contribution in [1.82, 2.24) is 4.98 Å². The molecule has 0 fully saturated rings. The molecule has 7 heteroatoms. The van der Waals surface area contributed by atoms with E-state index in [9.17, 15) is 9.59 Å². The Hall–Kier alpha value is -2.31. The molecule has 0 unspecified atom stereocenters.